The molecule has 5 heteroatoms. The Morgan fingerprint density at radius 3 is 2.59 bits per heavy atom. The third-order valence-electron chi connectivity index (χ3n) is 4.54. The molecule has 4 aromatic rings. The Balaban J connectivity index is 2.12. The van der Waals surface area contributed by atoms with Crippen LogP contribution in [0.15, 0.2) is 60.7 Å². The first kappa shape index (κ1) is 16.8. The molecule has 0 atom stereocenters. The van der Waals surface area contributed by atoms with Gasteiger partial charge in [0.25, 0.3) is 0 Å². The van der Waals surface area contributed by atoms with E-state index >= 15 is 0 Å². The van der Waals surface area contributed by atoms with Crippen LogP contribution in [0.1, 0.15) is 17.4 Å². The van der Waals surface area contributed by atoms with Crippen LogP contribution in [-0.4, -0.2) is 22.7 Å². The molecule has 0 radical (unpaired) electrons. The molecule has 0 aliphatic rings. The quantitative estimate of drug-likeness (QED) is 0.515. The molecular formula is C22H18N2O3. The number of ether oxygens (including phenoxy) is 1. The van der Waals surface area contributed by atoms with Gasteiger partial charge in [0, 0.05) is 10.9 Å². The maximum absolute atomic E-state index is 11.5. The summed E-state index contributed by atoms with van der Waals surface area (Å²) in [5.74, 6) is -0.545. The van der Waals surface area contributed by atoms with E-state index in [0.717, 1.165) is 21.9 Å². The molecule has 0 aliphatic heterocycles. The van der Waals surface area contributed by atoms with Crippen molar-refractivity contribution in [3.05, 3.63) is 66.4 Å². The molecule has 1 aromatic heterocycles. The monoisotopic (exact) mass is 358 g/mol. The van der Waals surface area contributed by atoms with Crippen LogP contribution in [-0.2, 0) is 0 Å². The van der Waals surface area contributed by atoms with Crippen molar-refractivity contribution < 1.29 is 14.6 Å². The summed E-state index contributed by atoms with van der Waals surface area (Å²) in [5, 5.41) is 12.2. The SMILES string of the molecule is CCOc1c(N)cc(-c2cccc3ccccc23)c2nc(C(=O)O)ccc12. The van der Waals surface area contributed by atoms with Crippen LogP contribution < -0.4 is 10.5 Å². The molecule has 0 amide bonds. The molecule has 0 saturated carbocycles. The number of aromatic nitrogens is 1. The summed E-state index contributed by atoms with van der Waals surface area (Å²) in [6.07, 6.45) is 0. The number of hydrogen-bond acceptors (Lipinski definition) is 4. The Labute approximate surface area is 156 Å². The fourth-order valence-electron chi connectivity index (χ4n) is 3.38. The van der Waals surface area contributed by atoms with Crippen molar-refractivity contribution >= 4 is 33.3 Å². The van der Waals surface area contributed by atoms with Crippen LogP contribution >= 0.6 is 0 Å². The number of nitrogen functional groups attached to an aromatic ring is 1. The van der Waals surface area contributed by atoms with Gasteiger partial charge in [-0.05, 0) is 41.5 Å². The van der Waals surface area contributed by atoms with E-state index in [2.05, 4.69) is 4.98 Å². The molecule has 27 heavy (non-hydrogen) atoms. The van der Waals surface area contributed by atoms with Crippen molar-refractivity contribution in [2.75, 3.05) is 12.3 Å². The Morgan fingerprint density at radius 1 is 1.04 bits per heavy atom. The number of nitrogens with two attached hydrogens (primary N) is 1. The first-order chi connectivity index (χ1) is 13.1. The lowest BCUT2D eigenvalue weighted by atomic mass is 9.95. The van der Waals surface area contributed by atoms with Crippen molar-refractivity contribution in [3.8, 4) is 16.9 Å². The largest absolute Gasteiger partial charge is 0.491 e. The number of pyridine rings is 1. The van der Waals surface area contributed by atoms with Gasteiger partial charge in [-0.15, -0.1) is 0 Å². The van der Waals surface area contributed by atoms with E-state index in [1.54, 1.807) is 6.07 Å². The number of benzene rings is 3. The molecule has 0 saturated heterocycles. The van der Waals surface area contributed by atoms with Crippen LogP contribution in [0.2, 0.25) is 0 Å². The number of rotatable bonds is 4. The van der Waals surface area contributed by atoms with E-state index in [1.165, 1.54) is 6.07 Å². The van der Waals surface area contributed by atoms with E-state index in [9.17, 15) is 9.90 Å². The smallest absolute Gasteiger partial charge is 0.354 e. The van der Waals surface area contributed by atoms with Gasteiger partial charge in [-0.2, -0.15) is 0 Å². The Morgan fingerprint density at radius 2 is 1.81 bits per heavy atom. The summed E-state index contributed by atoms with van der Waals surface area (Å²) in [4.78, 5) is 15.9. The molecule has 134 valence electrons. The van der Waals surface area contributed by atoms with Gasteiger partial charge in [0.2, 0.25) is 0 Å². The van der Waals surface area contributed by atoms with Gasteiger partial charge in [-0.3, -0.25) is 0 Å². The number of carboxylic acids is 1. The second-order valence-electron chi connectivity index (χ2n) is 6.20. The molecule has 3 N–H and O–H groups in total. The molecule has 4 rings (SSSR count). The summed E-state index contributed by atoms with van der Waals surface area (Å²) < 4.78 is 5.72. The van der Waals surface area contributed by atoms with E-state index in [-0.39, 0.29) is 5.69 Å². The molecular weight excluding hydrogens is 340 g/mol. The fraction of sp³-hybridized carbons (Fsp3) is 0.0909. The zero-order valence-corrected chi connectivity index (χ0v) is 14.8. The lowest BCUT2D eigenvalue weighted by molar-refractivity contribution is 0.0691. The maximum Gasteiger partial charge on any atom is 0.354 e. The highest BCUT2D eigenvalue weighted by Crippen LogP contribution is 2.40. The lowest BCUT2D eigenvalue weighted by Crippen LogP contribution is -2.04. The van der Waals surface area contributed by atoms with Crippen molar-refractivity contribution in [2.24, 2.45) is 0 Å². The van der Waals surface area contributed by atoms with E-state index < -0.39 is 5.97 Å². The van der Waals surface area contributed by atoms with Crippen LogP contribution in [0.25, 0.3) is 32.8 Å². The van der Waals surface area contributed by atoms with Crippen molar-refractivity contribution in [3.63, 3.8) is 0 Å². The Bertz CT molecular complexity index is 1180. The standard InChI is InChI=1S/C22H18N2O3/c1-2-27-21-16-10-11-19(22(25)26)24-20(16)17(12-18(21)23)15-9-5-7-13-6-3-4-8-14(13)15/h3-12H,2,23H2,1H3,(H,25,26). The van der Waals surface area contributed by atoms with E-state index in [1.807, 2.05) is 55.5 Å². The zero-order chi connectivity index (χ0) is 19.0. The summed E-state index contributed by atoms with van der Waals surface area (Å²) in [6, 6.07) is 19.0. The first-order valence-electron chi connectivity index (χ1n) is 8.67. The van der Waals surface area contributed by atoms with Gasteiger partial charge in [0.1, 0.15) is 5.69 Å². The molecule has 5 nitrogen and oxygen atoms in total. The Kier molecular flexibility index (Phi) is 4.12. The van der Waals surface area contributed by atoms with Gasteiger partial charge < -0.3 is 15.6 Å². The first-order valence-corrected chi connectivity index (χ1v) is 8.67. The number of nitrogens with zero attached hydrogens (tertiary/aromatic N) is 1. The average molecular weight is 358 g/mol. The number of aromatic carboxylic acids is 1. The minimum Gasteiger partial charge on any atom is -0.491 e. The Hall–Kier alpha value is -3.60. The molecule has 0 spiro atoms. The van der Waals surface area contributed by atoms with Crippen molar-refractivity contribution in [2.45, 2.75) is 6.92 Å². The topological polar surface area (TPSA) is 85.4 Å². The van der Waals surface area contributed by atoms with Gasteiger partial charge in [-0.25, -0.2) is 9.78 Å². The minimum atomic E-state index is -1.07. The van der Waals surface area contributed by atoms with Crippen LogP contribution in [0.4, 0.5) is 5.69 Å². The van der Waals surface area contributed by atoms with Crippen LogP contribution in [0.3, 0.4) is 0 Å². The third-order valence-corrected chi connectivity index (χ3v) is 4.54. The minimum absolute atomic E-state index is 0.0174. The van der Waals surface area contributed by atoms with Crippen molar-refractivity contribution in [1.82, 2.24) is 4.98 Å². The van der Waals surface area contributed by atoms with E-state index in [0.29, 0.717) is 28.9 Å². The van der Waals surface area contributed by atoms with E-state index in [4.69, 9.17) is 10.5 Å². The van der Waals surface area contributed by atoms with Gasteiger partial charge in [0.05, 0.1) is 17.8 Å². The highest BCUT2D eigenvalue weighted by atomic mass is 16.5. The van der Waals surface area contributed by atoms with Gasteiger partial charge in [0.15, 0.2) is 5.75 Å². The van der Waals surface area contributed by atoms with Gasteiger partial charge in [-0.1, -0.05) is 42.5 Å². The lowest BCUT2D eigenvalue weighted by Gasteiger charge is -2.15. The molecule has 0 unspecified atom stereocenters. The predicted octanol–water partition coefficient (Wildman–Crippen LogP) is 4.73. The number of carboxylic acid groups (broad SMARTS) is 1. The molecule has 1 heterocycles. The second-order valence-corrected chi connectivity index (χ2v) is 6.20. The average Bonchev–Trinajstić information content (AvgIpc) is 2.69. The predicted molar refractivity (Wildman–Crippen MR) is 107 cm³/mol. The highest BCUT2D eigenvalue weighted by Gasteiger charge is 2.17. The van der Waals surface area contributed by atoms with Gasteiger partial charge >= 0.3 is 5.97 Å². The summed E-state index contributed by atoms with van der Waals surface area (Å²) in [6.45, 7) is 2.33. The third kappa shape index (κ3) is 2.83. The summed E-state index contributed by atoms with van der Waals surface area (Å²) in [5.41, 5.74) is 9.05. The van der Waals surface area contributed by atoms with Crippen LogP contribution in [0.5, 0.6) is 5.75 Å². The summed E-state index contributed by atoms with van der Waals surface area (Å²) in [7, 11) is 0. The summed E-state index contributed by atoms with van der Waals surface area (Å²) >= 11 is 0. The molecule has 0 aliphatic carbocycles. The number of carbonyl (C=O) groups is 1. The number of anilines is 1. The highest BCUT2D eigenvalue weighted by molar-refractivity contribution is 6.08. The zero-order valence-electron chi connectivity index (χ0n) is 14.8. The number of fused-ring (bicyclic) bond motifs is 2. The number of hydrogen-bond donors (Lipinski definition) is 2. The van der Waals surface area contributed by atoms with Crippen LogP contribution in [0, 0.1) is 0 Å². The molecule has 0 fully saturated rings. The fourth-order valence-corrected chi connectivity index (χ4v) is 3.38. The second kappa shape index (κ2) is 6.61. The normalized spacial score (nSPS) is 11.0. The van der Waals surface area contributed by atoms with Crippen molar-refractivity contribution in [1.29, 1.82) is 0 Å². The molecule has 3 aromatic carbocycles. The maximum atomic E-state index is 11.5. The molecule has 0 bridgehead atoms.